The number of hydrogen-bond acceptors (Lipinski definition) is 4. The van der Waals surface area contributed by atoms with Crippen LogP contribution in [0.5, 0.6) is 5.75 Å². The van der Waals surface area contributed by atoms with E-state index in [1.807, 2.05) is 32.0 Å². The van der Waals surface area contributed by atoms with Gasteiger partial charge in [0.2, 0.25) is 0 Å². The van der Waals surface area contributed by atoms with E-state index in [-0.39, 0.29) is 24.2 Å². The summed E-state index contributed by atoms with van der Waals surface area (Å²) in [6.07, 6.45) is 1.44. The molecular weight excluding hydrogens is 344 g/mol. The molecule has 2 amide bonds. The van der Waals surface area contributed by atoms with Crippen LogP contribution in [0.1, 0.15) is 21.7 Å². The molecule has 2 aromatic carbocycles. The lowest BCUT2D eigenvalue weighted by Gasteiger charge is -2.10. The second-order valence-electron chi connectivity index (χ2n) is 6.09. The number of carbonyl (C=O) groups excluding carboxylic acids is 2. The SMILES string of the molecule is Cc1ccc(NC(=O)COc2ccc(NC(=O)c3ccco3)cc2)cc1C. The van der Waals surface area contributed by atoms with E-state index in [0.717, 1.165) is 11.3 Å². The van der Waals surface area contributed by atoms with Crippen molar-refractivity contribution >= 4 is 23.2 Å². The van der Waals surface area contributed by atoms with Gasteiger partial charge >= 0.3 is 0 Å². The van der Waals surface area contributed by atoms with E-state index < -0.39 is 0 Å². The maximum atomic E-state index is 12.0. The Balaban J connectivity index is 1.50. The van der Waals surface area contributed by atoms with Crippen molar-refractivity contribution in [1.29, 1.82) is 0 Å². The number of rotatable bonds is 6. The summed E-state index contributed by atoms with van der Waals surface area (Å²) in [5.74, 6) is 0.189. The number of carbonyl (C=O) groups is 2. The van der Waals surface area contributed by atoms with Gasteiger partial charge in [0, 0.05) is 11.4 Å². The number of furan rings is 1. The van der Waals surface area contributed by atoms with Crippen LogP contribution in [0, 0.1) is 13.8 Å². The lowest BCUT2D eigenvalue weighted by atomic mass is 10.1. The summed E-state index contributed by atoms with van der Waals surface area (Å²) in [5, 5.41) is 5.51. The Kier molecular flexibility index (Phi) is 5.56. The lowest BCUT2D eigenvalue weighted by molar-refractivity contribution is -0.118. The minimum Gasteiger partial charge on any atom is -0.484 e. The van der Waals surface area contributed by atoms with Gasteiger partial charge in [0.15, 0.2) is 12.4 Å². The smallest absolute Gasteiger partial charge is 0.291 e. The summed E-state index contributed by atoms with van der Waals surface area (Å²) in [6.45, 7) is 3.91. The predicted octanol–water partition coefficient (Wildman–Crippen LogP) is 4.17. The summed E-state index contributed by atoms with van der Waals surface area (Å²) in [6, 6.07) is 15.7. The van der Waals surface area contributed by atoms with Gasteiger partial charge in [-0.25, -0.2) is 0 Å². The van der Waals surface area contributed by atoms with E-state index in [0.29, 0.717) is 11.4 Å². The molecule has 0 bridgehead atoms. The second kappa shape index (κ2) is 8.23. The van der Waals surface area contributed by atoms with Gasteiger partial charge in [-0.05, 0) is 73.5 Å². The van der Waals surface area contributed by atoms with E-state index in [1.165, 1.54) is 11.8 Å². The van der Waals surface area contributed by atoms with Gasteiger partial charge in [-0.1, -0.05) is 6.07 Å². The van der Waals surface area contributed by atoms with Crippen LogP contribution in [0.4, 0.5) is 11.4 Å². The monoisotopic (exact) mass is 364 g/mol. The first-order valence-corrected chi connectivity index (χ1v) is 8.46. The largest absolute Gasteiger partial charge is 0.484 e. The summed E-state index contributed by atoms with van der Waals surface area (Å²) < 4.78 is 10.5. The molecule has 0 radical (unpaired) electrons. The topological polar surface area (TPSA) is 80.6 Å². The number of nitrogens with one attached hydrogen (secondary N) is 2. The van der Waals surface area contributed by atoms with Crippen molar-refractivity contribution in [2.45, 2.75) is 13.8 Å². The van der Waals surface area contributed by atoms with Gasteiger partial charge in [-0.15, -0.1) is 0 Å². The first kappa shape index (κ1) is 18.3. The highest BCUT2D eigenvalue weighted by Crippen LogP contribution is 2.17. The lowest BCUT2D eigenvalue weighted by Crippen LogP contribution is -2.20. The van der Waals surface area contributed by atoms with Crippen LogP contribution < -0.4 is 15.4 Å². The zero-order valence-electron chi connectivity index (χ0n) is 15.1. The van der Waals surface area contributed by atoms with Crippen LogP contribution in [-0.4, -0.2) is 18.4 Å². The minimum absolute atomic E-state index is 0.106. The Hall–Kier alpha value is -3.54. The van der Waals surface area contributed by atoms with Gasteiger partial charge < -0.3 is 19.8 Å². The van der Waals surface area contributed by atoms with Gasteiger partial charge in [0.25, 0.3) is 11.8 Å². The van der Waals surface area contributed by atoms with Crippen LogP contribution in [0.25, 0.3) is 0 Å². The molecule has 0 saturated carbocycles. The molecule has 0 spiro atoms. The van der Waals surface area contributed by atoms with Crippen LogP contribution in [0.2, 0.25) is 0 Å². The molecule has 0 aliphatic heterocycles. The molecule has 0 saturated heterocycles. The molecule has 0 aliphatic rings. The Morgan fingerprint density at radius 1 is 0.926 bits per heavy atom. The summed E-state index contributed by atoms with van der Waals surface area (Å²) >= 11 is 0. The van der Waals surface area contributed by atoms with E-state index in [9.17, 15) is 9.59 Å². The fourth-order valence-corrected chi connectivity index (χ4v) is 2.40. The Labute approximate surface area is 157 Å². The quantitative estimate of drug-likeness (QED) is 0.688. The van der Waals surface area contributed by atoms with Crippen LogP contribution >= 0.6 is 0 Å². The number of ether oxygens (including phenoxy) is 1. The third-order valence-corrected chi connectivity index (χ3v) is 4.02. The summed E-state index contributed by atoms with van der Waals surface area (Å²) in [4.78, 5) is 23.9. The fraction of sp³-hybridized carbons (Fsp3) is 0.143. The fourth-order valence-electron chi connectivity index (χ4n) is 2.40. The van der Waals surface area contributed by atoms with Gasteiger partial charge in [0.05, 0.1) is 6.26 Å². The molecule has 0 unspecified atom stereocenters. The normalized spacial score (nSPS) is 10.3. The Bertz CT molecular complexity index is 931. The summed E-state index contributed by atoms with van der Waals surface area (Å²) in [5.41, 5.74) is 3.62. The maximum Gasteiger partial charge on any atom is 0.291 e. The van der Waals surface area contributed by atoms with Crippen molar-refractivity contribution in [2.75, 3.05) is 17.2 Å². The Morgan fingerprint density at radius 2 is 1.67 bits per heavy atom. The van der Waals surface area contributed by atoms with Crippen molar-refractivity contribution in [3.63, 3.8) is 0 Å². The molecular formula is C21H20N2O4. The molecule has 1 heterocycles. The number of hydrogen-bond donors (Lipinski definition) is 2. The average molecular weight is 364 g/mol. The molecule has 0 atom stereocenters. The summed E-state index contributed by atoms with van der Waals surface area (Å²) in [7, 11) is 0. The van der Waals surface area contributed by atoms with E-state index in [4.69, 9.17) is 9.15 Å². The highest BCUT2D eigenvalue weighted by Gasteiger charge is 2.09. The van der Waals surface area contributed by atoms with Crippen molar-refractivity contribution in [3.05, 3.63) is 77.7 Å². The maximum absolute atomic E-state index is 12.0. The van der Waals surface area contributed by atoms with Crippen molar-refractivity contribution in [3.8, 4) is 5.75 Å². The second-order valence-corrected chi connectivity index (χ2v) is 6.09. The minimum atomic E-state index is -0.332. The van der Waals surface area contributed by atoms with Gasteiger partial charge in [-0.3, -0.25) is 9.59 Å². The molecule has 3 rings (SSSR count). The predicted molar refractivity (Wildman–Crippen MR) is 103 cm³/mol. The van der Waals surface area contributed by atoms with E-state index >= 15 is 0 Å². The third kappa shape index (κ3) is 4.98. The van der Waals surface area contributed by atoms with Crippen molar-refractivity contribution in [2.24, 2.45) is 0 Å². The van der Waals surface area contributed by atoms with E-state index in [2.05, 4.69) is 10.6 Å². The third-order valence-electron chi connectivity index (χ3n) is 4.02. The first-order valence-electron chi connectivity index (χ1n) is 8.46. The standard InChI is InChI=1S/C21H20N2O4/c1-14-5-6-17(12-15(14)2)22-20(24)13-27-18-9-7-16(8-10-18)23-21(25)19-4-3-11-26-19/h3-12H,13H2,1-2H3,(H,22,24)(H,23,25). The molecule has 3 aromatic rings. The van der Waals surface area contributed by atoms with E-state index in [1.54, 1.807) is 36.4 Å². The number of benzene rings is 2. The van der Waals surface area contributed by atoms with Gasteiger partial charge in [0.1, 0.15) is 5.75 Å². The van der Waals surface area contributed by atoms with Crippen molar-refractivity contribution < 1.29 is 18.7 Å². The number of amides is 2. The molecule has 6 heteroatoms. The number of aryl methyl sites for hydroxylation is 2. The molecule has 138 valence electrons. The zero-order valence-corrected chi connectivity index (χ0v) is 15.1. The van der Waals surface area contributed by atoms with Crippen molar-refractivity contribution in [1.82, 2.24) is 0 Å². The molecule has 0 aliphatic carbocycles. The number of anilines is 2. The van der Waals surface area contributed by atoms with Crippen LogP contribution in [0.15, 0.2) is 65.3 Å². The molecule has 27 heavy (non-hydrogen) atoms. The van der Waals surface area contributed by atoms with Crippen LogP contribution in [-0.2, 0) is 4.79 Å². The zero-order chi connectivity index (χ0) is 19.2. The van der Waals surface area contributed by atoms with Crippen LogP contribution in [0.3, 0.4) is 0 Å². The first-order chi connectivity index (χ1) is 13.0. The highest BCUT2D eigenvalue weighted by molar-refractivity contribution is 6.02. The highest BCUT2D eigenvalue weighted by atomic mass is 16.5. The molecule has 6 nitrogen and oxygen atoms in total. The molecule has 1 aromatic heterocycles. The Morgan fingerprint density at radius 3 is 2.33 bits per heavy atom. The van der Waals surface area contributed by atoms with Gasteiger partial charge in [-0.2, -0.15) is 0 Å². The molecule has 0 fully saturated rings. The average Bonchev–Trinajstić information content (AvgIpc) is 3.19. The molecule has 2 N–H and O–H groups in total.